The summed E-state index contributed by atoms with van der Waals surface area (Å²) in [6.45, 7) is 1.98. The van der Waals surface area contributed by atoms with E-state index in [9.17, 15) is 4.79 Å². The van der Waals surface area contributed by atoms with Crippen LogP contribution in [0.2, 0.25) is 0 Å². The predicted molar refractivity (Wildman–Crippen MR) is 27.2 cm³/mol. The van der Waals surface area contributed by atoms with Gasteiger partial charge < -0.3 is 5.11 Å². The van der Waals surface area contributed by atoms with Crippen LogP contribution in [0.1, 0.15) is 26.2 Å². The van der Waals surface area contributed by atoms with Crippen molar-refractivity contribution < 1.29 is 47.2 Å². The van der Waals surface area contributed by atoms with Gasteiger partial charge in [0.15, 0.2) is 0 Å². The zero-order valence-electron chi connectivity index (χ0n) is 4.77. The summed E-state index contributed by atoms with van der Waals surface area (Å²) < 4.78 is 0. The number of carboxylic acids is 1. The number of aliphatic carboxylic acids is 1. The minimum absolute atomic E-state index is 0. The summed E-state index contributed by atoms with van der Waals surface area (Å²) >= 11 is 0. The minimum Gasteiger partial charge on any atom is -0.481 e. The van der Waals surface area contributed by atoms with Crippen LogP contribution in [0.5, 0.6) is 0 Å². The average Bonchev–Trinajstić information content (AvgIpc) is 1.61. The van der Waals surface area contributed by atoms with Crippen LogP contribution in [-0.4, -0.2) is 11.1 Å². The smallest absolute Gasteiger partial charge is 0.303 e. The second-order valence-corrected chi connectivity index (χ2v) is 1.50. The SMILES string of the molecule is CCCCC(=O)O.[Er]. The Bertz CT molecular complexity index is 63.4. The molecule has 0 unspecified atom stereocenters. The van der Waals surface area contributed by atoms with E-state index in [-0.39, 0.29) is 37.3 Å². The van der Waals surface area contributed by atoms with E-state index in [1.165, 1.54) is 0 Å². The molecule has 0 aliphatic carbocycles. The Hall–Kier alpha value is 0.717. The Morgan fingerprint density at radius 1 is 1.62 bits per heavy atom. The molecule has 0 amide bonds. The molecule has 0 aromatic rings. The molecule has 0 rings (SSSR count). The molecule has 0 radical (unpaired) electrons. The number of carbonyl (C=O) groups is 1. The Kier molecular flexibility index (Phi) is 11.1. The molecule has 0 aliphatic rings. The van der Waals surface area contributed by atoms with E-state index in [0.29, 0.717) is 6.42 Å². The van der Waals surface area contributed by atoms with Crippen LogP contribution in [0.15, 0.2) is 0 Å². The maximum Gasteiger partial charge on any atom is 0.303 e. The van der Waals surface area contributed by atoms with E-state index in [2.05, 4.69) is 0 Å². The van der Waals surface area contributed by atoms with E-state index in [0.717, 1.165) is 12.8 Å². The summed E-state index contributed by atoms with van der Waals surface area (Å²) in [7, 11) is 0. The molecular weight excluding hydrogens is 259 g/mol. The zero-order valence-corrected chi connectivity index (χ0v) is 6.62. The molecular formula is C5H10ErO2. The first-order chi connectivity index (χ1) is 3.27. The van der Waals surface area contributed by atoms with Crippen molar-refractivity contribution in [1.29, 1.82) is 0 Å². The molecule has 1 N–H and O–H groups in total. The van der Waals surface area contributed by atoms with Gasteiger partial charge in [-0.3, -0.25) is 4.79 Å². The van der Waals surface area contributed by atoms with Crippen molar-refractivity contribution in [2.24, 2.45) is 0 Å². The van der Waals surface area contributed by atoms with E-state index >= 15 is 0 Å². The molecule has 0 saturated heterocycles. The van der Waals surface area contributed by atoms with Gasteiger partial charge in [0.1, 0.15) is 0 Å². The second-order valence-electron chi connectivity index (χ2n) is 1.50. The molecule has 0 atom stereocenters. The predicted octanol–water partition coefficient (Wildman–Crippen LogP) is 1.26. The second kappa shape index (κ2) is 7.72. The molecule has 0 heterocycles. The third kappa shape index (κ3) is 9.87. The number of rotatable bonds is 3. The van der Waals surface area contributed by atoms with Gasteiger partial charge in [0.2, 0.25) is 0 Å². The van der Waals surface area contributed by atoms with Crippen LogP contribution in [0.3, 0.4) is 0 Å². The Balaban J connectivity index is 0. The Morgan fingerprint density at radius 2 is 2.12 bits per heavy atom. The number of carboxylic acid groups (broad SMARTS) is 1. The fourth-order valence-corrected chi connectivity index (χ4v) is 0.328. The topological polar surface area (TPSA) is 37.3 Å². The monoisotopic (exact) mass is 268 g/mol. The molecule has 0 aromatic heterocycles. The van der Waals surface area contributed by atoms with Crippen molar-refractivity contribution >= 4 is 5.97 Å². The first-order valence-corrected chi connectivity index (χ1v) is 2.49. The van der Waals surface area contributed by atoms with Gasteiger partial charge in [-0.15, -0.1) is 0 Å². The summed E-state index contributed by atoms with van der Waals surface area (Å²) in [5, 5.41) is 8.04. The van der Waals surface area contributed by atoms with Crippen LogP contribution < -0.4 is 0 Å². The average molecular weight is 269 g/mol. The third-order valence-electron chi connectivity index (χ3n) is 0.744. The molecule has 0 bridgehead atoms. The van der Waals surface area contributed by atoms with E-state index in [1.807, 2.05) is 6.92 Å². The van der Waals surface area contributed by atoms with Crippen LogP contribution in [0, 0.1) is 37.3 Å². The van der Waals surface area contributed by atoms with Gasteiger partial charge in [-0.25, -0.2) is 0 Å². The maximum atomic E-state index is 9.76. The summed E-state index contributed by atoms with van der Waals surface area (Å²) in [6.07, 6.45) is 2.08. The quantitative estimate of drug-likeness (QED) is 0.837. The summed E-state index contributed by atoms with van der Waals surface area (Å²) in [5.74, 6) is -0.693. The van der Waals surface area contributed by atoms with Crippen LogP contribution >= 0.6 is 0 Å². The van der Waals surface area contributed by atoms with Gasteiger partial charge in [0, 0.05) is 43.7 Å². The Labute approximate surface area is 78.9 Å². The fraction of sp³-hybridized carbons (Fsp3) is 0.800. The van der Waals surface area contributed by atoms with Gasteiger partial charge in [-0.2, -0.15) is 0 Å². The maximum absolute atomic E-state index is 9.76. The third-order valence-corrected chi connectivity index (χ3v) is 0.744. The minimum atomic E-state index is -0.693. The van der Waals surface area contributed by atoms with Crippen LogP contribution in [-0.2, 0) is 4.79 Å². The first kappa shape index (κ1) is 11.5. The number of unbranched alkanes of at least 4 members (excludes halogenated alkanes) is 1. The molecule has 8 heavy (non-hydrogen) atoms. The molecule has 0 saturated carbocycles. The molecule has 0 fully saturated rings. The van der Waals surface area contributed by atoms with E-state index < -0.39 is 5.97 Å². The van der Waals surface area contributed by atoms with Gasteiger partial charge in [0.25, 0.3) is 0 Å². The molecule has 2 nitrogen and oxygen atoms in total. The van der Waals surface area contributed by atoms with Crippen molar-refractivity contribution in [2.45, 2.75) is 26.2 Å². The van der Waals surface area contributed by atoms with Crippen molar-refractivity contribution in [1.82, 2.24) is 0 Å². The Morgan fingerprint density at radius 3 is 2.25 bits per heavy atom. The van der Waals surface area contributed by atoms with Crippen molar-refractivity contribution in [3.63, 3.8) is 0 Å². The number of hydrogen-bond acceptors (Lipinski definition) is 1. The standard InChI is InChI=1S/C5H10O2.Er/c1-2-3-4-5(6)7;/h2-4H2,1H3,(H,6,7);. The van der Waals surface area contributed by atoms with Gasteiger partial charge in [0.05, 0.1) is 0 Å². The van der Waals surface area contributed by atoms with Crippen LogP contribution in [0.25, 0.3) is 0 Å². The van der Waals surface area contributed by atoms with Crippen molar-refractivity contribution in [2.75, 3.05) is 0 Å². The molecule has 0 aromatic carbocycles. The normalized spacial score (nSPS) is 7.62. The molecule has 54 valence electrons. The van der Waals surface area contributed by atoms with E-state index in [1.54, 1.807) is 0 Å². The molecule has 0 spiro atoms. The van der Waals surface area contributed by atoms with Gasteiger partial charge in [-0.1, -0.05) is 13.3 Å². The molecule has 0 aliphatic heterocycles. The van der Waals surface area contributed by atoms with Crippen molar-refractivity contribution in [3.8, 4) is 0 Å². The van der Waals surface area contributed by atoms with Crippen LogP contribution in [0.4, 0.5) is 0 Å². The number of hydrogen-bond donors (Lipinski definition) is 1. The fourth-order valence-electron chi connectivity index (χ4n) is 0.328. The summed E-state index contributed by atoms with van der Waals surface area (Å²) in [5.41, 5.74) is 0. The zero-order chi connectivity index (χ0) is 5.70. The molecule has 3 heteroatoms. The largest absolute Gasteiger partial charge is 0.481 e. The van der Waals surface area contributed by atoms with Crippen molar-refractivity contribution in [3.05, 3.63) is 0 Å². The summed E-state index contributed by atoms with van der Waals surface area (Å²) in [4.78, 5) is 9.76. The van der Waals surface area contributed by atoms with Gasteiger partial charge in [-0.05, 0) is 6.42 Å². The summed E-state index contributed by atoms with van der Waals surface area (Å²) in [6, 6.07) is 0. The van der Waals surface area contributed by atoms with E-state index in [4.69, 9.17) is 5.11 Å². The van der Waals surface area contributed by atoms with Gasteiger partial charge >= 0.3 is 5.97 Å². The first-order valence-electron chi connectivity index (χ1n) is 2.49.